The van der Waals surface area contributed by atoms with Crippen molar-refractivity contribution in [3.8, 4) is 11.1 Å². The van der Waals surface area contributed by atoms with Crippen LogP contribution in [0.3, 0.4) is 0 Å². The van der Waals surface area contributed by atoms with Gasteiger partial charge in [-0.15, -0.1) is 0 Å². The summed E-state index contributed by atoms with van der Waals surface area (Å²) in [6, 6.07) is 17.3. The van der Waals surface area contributed by atoms with Crippen LogP contribution in [0.1, 0.15) is 38.3 Å². The minimum atomic E-state index is 0.111. The molecule has 1 heterocycles. The molecule has 0 spiro atoms. The molecule has 0 fully saturated rings. The Morgan fingerprint density at radius 3 is 2.24 bits per heavy atom. The fourth-order valence-corrected chi connectivity index (χ4v) is 2.53. The predicted octanol–water partition coefficient (Wildman–Crippen LogP) is 4.78. The lowest BCUT2D eigenvalue weighted by atomic mass is 9.83. The van der Waals surface area contributed by atoms with Gasteiger partial charge >= 0.3 is 0 Å². The van der Waals surface area contributed by atoms with Crippen LogP contribution < -0.4 is 0 Å². The minimum Gasteiger partial charge on any atom is -0.395 e. The number of benzene rings is 2. The van der Waals surface area contributed by atoms with E-state index in [1.165, 1.54) is 22.3 Å². The van der Waals surface area contributed by atoms with Gasteiger partial charge in [0.05, 0.1) is 5.71 Å². The maximum absolute atomic E-state index is 5.17. The molecule has 0 atom stereocenters. The maximum atomic E-state index is 5.17. The summed E-state index contributed by atoms with van der Waals surface area (Å²) < 4.78 is 0. The van der Waals surface area contributed by atoms with Crippen molar-refractivity contribution in [1.29, 1.82) is 0 Å². The quantitative estimate of drug-likeness (QED) is 0.775. The third-order valence-corrected chi connectivity index (χ3v) is 3.84. The van der Waals surface area contributed by atoms with Crippen LogP contribution in [0, 0.1) is 0 Å². The van der Waals surface area contributed by atoms with Crippen LogP contribution in [-0.2, 0) is 10.3 Å². The second-order valence-corrected chi connectivity index (χ2v) is 6.54. The molecule has 108 valence electrons. The van der Waals surface area contributed by atoms with Crippen LogP contribution in [-0.4, -0.2) is 12.3 Å². The minimum absolute atomic E-state index is 0.111. The first-order valence-corrected chi connectivity index (χ1v) is 7.44. The molecule has 0 aliphatic carbocycles. The molecule has 21 heavy (non-hydrogen) atoms. The van der Waals surface area contributed by atoms with E-state index in [0.717, 1.165) is 12.1 Å². The number of oxime groups is 1. The summed E-state index contributed by atoms with van der Waals surface area (Å²) in [5.41, 5.74) is 6.15. The van der Waals surface area contributed by atoms with Crippen LogP contribution in [0.25, 0.3) is 11.1 Å². The largest absolute Gasteiger partial charge is 0.395 e. The summed E-state index contributed by atoms with van der Waals surface area (Å²) in [4.78, 5) is 5.17. The molecule has 2 aromatic carbocycles. The summed E-state index contributed by atoms with van der Waals surface area (Å²) in [7, 11) is 0. The number of nitrogens with zero attached hydrogens (tertiary/aromatic N) is 1. The van der Waals surface area contributed by atoms with Crippen molar-refractivity contribution in [2.24, 2.45) is 5.16 Å². The molecule has 2 nitrogen and oxygen atoms in total. The third-order valence-electron chi connectivity index (χ3n) is 3.84. The van der Waals surface area contributed by atoms with E-state index in [1.807, 2.05) is 6.07 Å². The van der Waals surface area contributed by atoms with Crippen molar-refractivity contribution in [3.05, 3.63) is 59.7 Å². The Kier molecular flexibility index (Phi) is 3.54. The van der Waals surface area contributed by atoms with E-state index in [9.17, 15) is 0 Å². The van der Waals surface area contributed by atoms with E-state index in [0.29, 0.717) is 6.61 Å². The molecule has 0 amide bonds. The summed E-state index contributed by atoms with van der Waals surface area (Å²) in [6.45, 7) is 7.42. The van der Waals surface area contributed by atoms with Crippen molar-refractivity contribution in [1.82, 2.24) is 0 Å². The fourth-order valence-electron chi connectivity index (χ4n) is 2.53. The smallest absolute Gasteiger partial charge is 0.122 e. The first-order chi connectivity index (χ1) is 10.0. The lowest BCUT2D eigenvalue weighted by molar-refractivity contribution is 0.174. The van der Waals surface area contributed by atoms with Crippen molar-refractivity contribution in [2.75, 3.05) is 6.61 Å². The third kappa shape index (κ3) is 2.99. The van der Waals surface area contributed by atoms with Crippen molar-refractivity contribution >= 4 is 5.71 Å². The maximum Gasteiger partial charge on any atom is 0.122 e. The topological polar surface area (TPSA) is 21.6 Å². The average molecular weight is 279 g/mol. The number of hydrogen-bond donors (Lipinski definition) is 0. The Hall–Kier alpha value is -2.09. The Morgan fingerprint density at radius 1 is 0.905 bits per heavy atom. The first kappa shape index (κ1) is 13.9. The van der Waals surface area contributed by atoms with Gasteiger partial charge in [0.15, 0.2) is 0 Å². The van der Waals surface area contributed by atoms with E-state index in [2.05, 4.69) is 68.4 Å². The molecule has 0 saturated carbocycles. The van der Waals surface area contributed by atoms with Crippen molar-refractivity contribution in [3.63, 3.8) is 0 Å². The van der Waals surface area contributed by atoms with Gasteiger partial charge in [-0.1, -0.05) is 62.3 Å². The average Bonchev–Trinajstić information content (AvgIpc) is 3.01. The zero-order chi connectivity index (χ0) is 14.9. The van der Waals surface area contributed by atoms with Crippen molar-refractivity contribution < 1.29 is 4.84 Å². The highest BCUT2D eigenvalue weighted by molar-refractivity contribution is 6.02. The predicted molar refractivity (Wildman–Crippen MR) is 87.7 cm³/mol. The fraction of sp³-hybridized carbons (Fsp3) is 0.316. The zero-order valence-electron chi connectivity index (χ0n) is 12.9. The van der Waals surface area contributed by atoms with Gasteiger partial charge in [0, 0.05) is 12.0 Å². The monoisotopic (exact) mass is 279 g/mol. The van der Waals surface area contributed by atoms with Crippen molar-refractivity contribution in [2.45, 2.75) is 32.6 Å². The molecular formula is C19H21NO. The van der Waals surface area contributed by atoms with Gasteiger partial charge in [-0.2, -0.15) is 0 Å². The Morgan fingerprint density at radius 2 is 1.62 bits per heavy atom. The van der Waals surface area contributed by atoms with Crippen LogP contribution in [0.4, 0.5) is 0 Å². The second-order valence-electron chi connectivity index (χ2n) is 6.54. The highest BCUT2D eigenvalue weighted by Gasteiger charge is 2.19. The summed E-state index contributed by atoms with van der Waals surface area (Å²) in [6.07, 6.45) is 0.891. The van der Waals surface area contributed by atoms with Crippen LogP contribution >= 0.6 is 0 Å². The summed E-state index contributed by atoms with van der Waals surface area (Å²) in [5.74, 6) is 0. The Bertz CT molecular complexity index is 666. The molecule has 0 bridgehead atoms. The van der Waals surface area contributed by atoms with E-state index in [-0.39, 0.29) is 5.41 Å². The van der Waals surface area contributed by atoms with Crippen LogP contribution in [0.5, 0.6) is 0 Å². The van der Waals surface area contributed by atoms with Crippen LogP contribution in [0.2, 0.25) is 0 Å². The zero-order valence-corrected chi connectivity index (χ0v) is 12.9. The number of hydrogen-bond acceptors (Lipinski definition) is 2. The molecular weight excluding hydrogens is 258 g/mol. The van der Waals surface area contributed by atoms with Gasteiger partial charge < -0.3 is 4.84 Å². The highest BCUT2D eigenvalue weighted by Crippen LogP contribution is 2.30. The Balaban J connectivity index is 2.14. The molecule has 3 rings (SSSR count). The molecule has 0 radical (unpaired) electrons. The van der Waals surface area contributed by atoms with Gasteiger partial charge in [0.1, 0.15) is 6.61 Å². The molecule has 0 saturated heterocycles. The second kappa shape index (κ2) is 5.36. The van der Waals surface area contributed by atoms with E-state index < -0.39 is 0 Å². The molecule has 0 aromatic heterocycles. The molecule has 2 aromatic rings. The van der Waals surface area contributed by atoms with Gasteiger partial charge in [0.2, 0.25) is 0 Å². The molecule has 0 unspecified atom stereocenters. The normalized spacial score (nSPS) is 14.7. The highest BCUT2D eigenvalue weighted by atomic mass is 16.6. The molecule has 0 N–H and O–H groups in total. The van der Waals surface area contributed by atoms with Crippen LogP contribution in [0.15, 0.2) is 53.7 Å². The summed E-state index contributed by atoms with van der Waals surface area (Å²) >= 11 is 0. The Labute approximate surface area is 126 Å². The molecule has 1 aliphatic heterocycles. The molecule has 2 heteroatoms. The van der Waals surface area contributed by atoms with Gasteiger partial charge in [-0.05, 0) is 34.2 Å². The first-order valence-electron chi connectivity index (χ1n) is 7.44. The summed E-state index contributed by atoms with van der Waals surface area (Å²) in [5, 5.41) is 4.18. The van der Waals surface area contributed by atoms with Gasteiger partial charge in [-0.3, -0.25) is 0 Å². The van der Waals surface area contributed by atoms with E-state index >= 15 is 0 Å². The SMILES string of the molecule is CC(C)(C)c1cc(C2=NOCC2)cc(-c2ccccc2)c1. The lowest BCUT2D eigenvalue weighted by Gasteiger charge is -2.21. The standard InChI is InChI=1S/C19H21NO/c1-19(2,3)17-12-15(14-7-5-4-6-8-14)11-16(13-17)18-9-10-21-20-18/h4-8,11-13H,9-10H2,1-3H3. The molecule has 1 aliphatic rings. The number of rotatable bonds is 2. The lowest BCUT2D eigenvalue weighted by Crippen LogP contribution is -2.12. The van der Waals surface area contributed by atoms with Gasteiger partial charge in [-0.25, -0.2) is 0 Å². The van der Waals surface area contributed by atoms with Gasteiger partial charge in [0.25, 0.3) is 0 Å². The van der Waals surface area contributed by atoms with E-state index in [4.69, 9.17) is 4.84 Å². The van der Waals surface area contributed by atoms with E-state index in [1.54, 1.807) is 0 Å².